The summed E-state index contributed by atoms with van der Waals surface area (Å²) in [7, 11) is 2.55. The van der Waals surface area contributed by atoms with E-state index in [4.69, 9.17) is 14.4 Å². The number of methoxy groups -OCH3 is 2. The van der Waals surface area contributed by atoms with E-state index < -0.39 is 24.9 Å². The lowest BCUT2D eigenvalue weighted by atomic mass is 10.2. The molecule has 1 atom stereocenters. The summed E-state index contributed by atoms with van der Waals surface area (Å²) in [5.74, 6) is -0.969. The van der Waals surface area contributed by atoms with Gasteiger partial charge in [0.1, 0.15) is 6.04 Å². The van der Waals surface area contributed by atoms with Crippen molar-refractivity contribution in [3.63, 3.8) is 0 Å². The largest absolute Gasteiger partial charge is 0.469 e. The van der Waals surface area contributed by atoms with Crippen molar-refractivity contribution in [2.45, 2.75) is 12.5 Å². The van der Waals surface area contributed by atoms with Gasteiger partial charge < -0.3 is 24.6 Å². The molecule has 0 saturated heterocycles. The predicted octanol–water partition coefficient (Wildman–Crippen LogP) is 1.52. The molecule has 0 amide bonds. The molecule has 10 heteroatoms. The number of esters is 2. The van der Waals surface area contributed by atoms with Crippen molar-refractivity contribution in [3.8, 4) is 0 Å². The summed E-state index contributed by atoms with van der Waals surface area (Å²) in [6.07, 6.45) is -0.0714. The van der Waals surface area contributed by atoms with Crippen molar-refractivity contribution in [3.05, 3.63) is 30.3 Å². The Morgan fingerprint density at radius 2 is 1.73 bits per heavy atom. The van der Waals surface area contributed by atoms with Gasteiger partial charge in [0.2, 0.25) is 0 Å². The highest BCUT2D eigenvalue weighted by Crippen LogP contribution is 2.39. The van der Waals surface area contributed by atoms with Gasteiger partial charge in [0.15, 0.2) is 0 Å². The molecule has 0 saturated carbocycles. The third kappa shape index (κ3) is 11.1. The zero-order valence-corrected chi connectivity index (χ0v) is 13.6. The van der Waals surface area contributed by atoms with Crippen molar-refractivity contribution >= 4 is 35.8 Å². The van der Waals surface area contributed by atoms with Gasteiger partial charge in [-0.1, -0.05) is 18.2 Å². The van der Waals surface area contributed by atoms with Gasteiger partial charge in [0, 0.05) is 16.9 Å². The van der Waals surface area contributed by atoms with Crippen LogP contribution in [0.25, 0.3) is 0 Å². The number of nitrogens with one attached hydrogen (secondary N) is 1. The zero-order valence-electron chi connectivity index (χ0n) is 11.9. The monoisotopic (exact) mass is 353 g/mol. The van der Waals surface area contributed by atoms with E-state index in [0.717, 1.165) is 5.69 Å². The summed E-state index contributed by atoms with van der Waals surface area (Å²) in [6, 6.07) is 8.37. The average molecular weight is 354 g/mol. The van der Waals surface area contributed by atoms with E-state index in [9.17, 15) is 9.59 Å². The number of benzene rings is 1. The number of hydrogen-bond donors (Lipinski definition) is 3. The van der Waals surface area contributed by atoms with Crippen molar-refractivity contribution in [1.82, 2.24) is 0 Å². The highest BCUT2D eigenvalue weighted by Gasteiger charge is 2.22. The van der Waals surface area contributed by atoms with Crippen LogP contribution in [0.2, 0.25) is 0 Å². The number of hydrogen-bond acceptors (Lipinski definition) is 6. The molecule has 0 aliphatic heterocycles. The Bertz CT molecular complexity index is 511. The molecule has 8 nitrogen and oxygen atoms in total. The summed E-state index contributed by atoms with van der Waals surface area (Å²) in [5, 5.41) is 2.92. The standard InChI is InChI=1S/C12H15NO4.ClH2O3P/c1-16-11(14)8-10(12(15)17-2)13-9-6-4-3-5-7-9;1-5(2,3)4/h3-7,10,13H,8H2,1-2H3;(H2,2,3,4)/t10-;/m0./s1. The fourth-order valence-electron chi connectivity index (χ4n) is 1.32. The molecule has 0 unspecified atom stereocenters. The highest BCUT2D eigenvalue weighted by molar-refractivity contribution is 7.79. The number of carbonyl (C=O) groups is 2. The van der Waals surface area contributed by atoms with Crippen LogP contribution in [-0.4, -0.2) is 42.0 Å². The van der Waals surface area contributed by atoms with Crippen molar-refractivity contribution in [2.24, 2.45) is 0 Å². The van der Waals surface area contributed by atoms with Crippen LogP contribution in [0.5, 0.6) is 0 Å². The van der Waals surface area contributed by atoms with Gasteiger partial charge in [-0.2, -0.15) is 0 Å². The molecule has 0 radical (unpaired) electrons. The van der Waals surface area contributed by atoms with Crippen LogP contribution in [0, 0.1) is 0 Å². The number of rotatable bonds is 5. The first-order valence-corrected chi connectivity index (χ1v) is 8.40. The first-order valence-electron chi connectivity index (χ1n) is 5.88. The van der Waals surface area contributed by atoms with Crippen molar-refractivity contribution in [2.75, 3.05) is 19.5 Å². The van der Waals surface area contributed by atoms with Crippen LogP contribution in [0.1, 0.15) is 6.42 Å². The van der Waals surface area contributed by atoms with Crippen LogP contribution < -0.4 is 5.32 Å². The summed E-state index contributed by atoms with van der Waals surface area (Å²) >= 11 is 4.20. The predicted molar refractivity (Wildman–Crippen MR) is 80.4 cm³/mol. The molecule has 1 aromatic carbocycles. The maximum absolute atomic E-state index is 11.5. The van der Waals surface area contributed by atoms with E-state index in [0.29, 0.717) is 0 Å². The number of anilines is 1. The summed E-state index contributed by atoms with van der Waals surface area (Å²) in [6.45, 7) is -4.17. The summed E-state index contributed by atoms with van der Waals surface area (Å²) < 4.78 is 18.2. The number of ether oxygens (including phenoxy) is 2. The number of carbonyl (C=O) groups excluding carboxylic acids is 2. The lowest BCUT2D eigenvalue weighted by molar-refractivity contribution is -0.148. The lowest BCUT2D eigenvalue weighted by Gasteiger charge is -2.16. The molecule has 0 bridgehead atoms. The smallest absolute Gasteiger partial charge is 0.419 e. The Balaban J connectivity index is 0.000000763. The summed E-state index contributed by atoms with van der Waals surface area (Å²) in [4.78, 5) is 37.4. The molecular weight excluding hydrogens is 337 g/mol. The van der Waals surface area contributed by atoms with Crippen LogP contribution in [0.3, 0.4) is 0 Å². The Labute approximate surface area is 132 Å². The second-order valence-corrected chi connectivity index (χ2v) is 6.11. The Hall–Kier alpha value is -1.60. The minimum atomic E-state index is -4.17. The normalized spacial score (nSPS) is 11.5. The molecule has 22 heavy (non-hydrogen) atoms. The average Bonchev–Trinajstić information content (AvgIpc) is 2.45. The lowest BCUT2D eigenvalue weighted by Crippen LogP contribution is -2.33. The van der Waals surface area contributed by atoms with E-state index in [1.807, 2.05) is 18.2 Å². The van der Waals surface area contributed by atoms with E-state index in [2.05, 4.69) is 26.0 Å². The number of para-hydroxylation sites is 1. The molecule has 0 aliphatic carbocycles. The first-order chi connectivity index (χ1) is 10.2. The third-order valence-electron chi connectivity index (χ3n) is 2.20. The van der Waals surface area contributed by atoms with Gasteiger partial charge in [-0.15, -0.1) is 0 Å². The van der Waals surface area contributed by atoms with Gasteiger partial charge in [-0.05, 0) is 12.1 Å². The molecule has 1 rings (SSSR count). The molecule has 0 spiro atoms. The van der Waals surface area contributed by atoms with Gasteiger partial charge in [-0.3, -0.25) is 4.79 Å². The molecule has 0 heterocycles. The molecule has 1 aromatic rings. The Morgan fingerprint density at radius 3 is 2.14 bits per heavy atom. The van der Waals surface area contributed by atoms with Gasteiger partial charge in [0.25, 0.3) is 0 Å². The van der Waals surface area contributed by atoms with Crippen molar-refractivity contribution in [1.29, 1.82) is 0 Å². The fourth-order valence-corrected chi connectivity index (χ4v) is 1.32. The summed E-state index contributed by atoms with van der Waals surface area (Å²) in [5.41, 5.74) is 0.742. The third-order valence-corrected chi connectivity index (χ3v) is 2.20. The van der Waals surface area contributed by atoms with Crippen LogP contribution in [0.15, 0.2) is 30.3 Å². The molecule has 0 fully saturated rings. The van der Waals surface area contributed by atoms with Gasteiger partial charge in [-0.25, -0.2) is 9.36 Å². The van der Waals surface area contributed by atoms with Crippen molar-refractivity contribution < 1.29 is 33.4 Å². The minimum absolute atomic E-state index is 0.0714. The van der Waals surface area contributed by atoms with E-state index in [1.165, 1.54) is 14.2 Å². The second-order valence-electron chi connectivity index (χ2n) is 3.84. The van der Waals surface area contributed by atoms with E-state index >= 15 is 0 Å². The molecule has 3 N–H and O–H groups in total. The maximum atomic E-state index is 11.5. The Kier molecular flexibility index (Phi) is 9.44. The molecule has 0 aromatic heterocycles. The molecule has 0 aliphatic rings. The highest BCUT2D eigenvalue weighted by atomic mass is 35.7. The number of halogens is 1. The van der Waals surface area contributed by atoms with Crippen LogP contribution in [0.4, 0.5) is 5.69 Å². The topological polar surface area (TPSA) is 122 Å². The SMILES string of the molecule is COC(=O)C[C@H](Nc1ccccc1)C(=O)OC.O=P(O)(O)Cl. The maximum Gasteiger partial charge on any atom is 0.419 e. The van der Waals surface area contributed by atoms with E-state index in [-0.39, 0.29) is 6.42 Å². The molecular formula is C12H17ClNO7P. The molecule has 124 valence electrons. The minimum Gasteiger partial charge on any atom is -0.469 e. The fraction of sp³-hybridized carbons (Fsp3) is 0.333. The second kappa shape index (κ2) is 10.2. The Morgan fingerprint density at radius 1 is 1.23 bits per heavy atom. The van der Waals surface area contributed by atoms with Crippen LogP contribution >= 0.6 is 18.2 Å². The first kappa shape index (κ1) is 20.4. The van der Waals surface area contributed by atoms with Gasteiger partial charge in [0.05, 0.1) is 20.6 Å². The zero-order chi connectivity index (χ0) is 17.2. The van der Waals surface area contributed by atoms with Gasteiger partial charge >= 0.3 is 18.9 Å². The van der Waals surface area contributed by atoms with E-state index in [1.54, 1.807) is 12.1 Å². The van der Waals surface area contributed by atoms with Crippen LogP contribution in [-0.2, 0) is 23.6 Å². The quantitative estimate of drug-likeness (QED) is 0.538.